The molecule has 3 rings (SSSR count). The molecule has 1 aliphatic rings. The van der Waals surface area contributed by atoms with E-state index in [0.717, 1.165) is 16.8 Å². The van der Waals surface area contributed by atoms with E-state index in [1.165, 1.54) is 11.8 Å². The van der Waals surface area contributed by atoms with Gasteiger partial charge in [0.1, 0.15) is 0 Å². The number of carbonyl (C=O) groups is 1. The minimum absolute atomic E-state index is 0.0518. The number of amides is 1. The molecule has 2 aromatic rings. The number of aliphatic imine (C=N–C) groups is 1. The lowest BCUT2D eigenvalue weighted by atomic mass is 10.1. The molecule has 1 aromatic carbocycles. The van der Waals surface area contributed by atoms with Gasteiger partial charge in [-0.15, -0.1) is 6.58 Å². The quantitative estimate of drug-likeness (QED) is 0.622. The summed E-state index contributed by atoms with van der Waals surface area (Å²) in [5.41, 5.74) is 2.89. The van der Waals surface area contributed by atoms with Crippen molar-refractivity contribution in [3.05, 3.63) is 77.5 Å². The van der Waals surface area contributed by atoms with Crippen molar-refractivity contribution in [3.63, 3.8) is 0 Å². The van der Waals surface area contributed by atoms with Crippen molar-refractivity contribution in [3.8, 4) is 0 Å². The maximum absolute atomic E-state index is 12.7. The Morgan fingerprint density at radius 3 is 2.92 bits per heavy atom. The molecule has 0 radical (unpaired) electrons. The highest BCUT2D eigenvalue weighted by molar-refractivity contribution is 8.18. The molecule has 0 bridgehead atoms. The Morgan fingerprint density at radius 2 is 2.21 bits per heavy atom. The smallest absolute Gasteiger partial charge is 0.267 e. The second-order valence-corrected chi connectivity index (χ2v) is 6.34. The van der Waals surface area contributed by atoms with Gasteiger partial charge in [-0.1, -0.05) is 35.9 Å². The summed E-state index contributed by atoms with van der Waals surface area (Å²) in [6, 6.07) is 11.7. The number of hydrogen-bond acceptors (Lipinski definition) is 4. The van der Waals surface area contributed by atoms with Gasteiger partial charge in [-0.25, -0.2) is 4.99 Å². The average molecular weight is 335 g/mol. The molecule has 5 heteroatoms. The van der Waals surface area contributed by atoms with E-state index in [2.05, 4.69) is 22.6 Å². The van der Waals surface area contributed by atoms with Crippen molar-refractivity contribution in [2.24, 2.45) is 4.99 Å². The Balaban J connectivity index is 1.95. The summed E-state index contributed by atoms with van der Waals surface area (Å²) in [4.78, 5) is 23.6. The Hall–Kier alpha value is -2.66. The summed E-state index contributed by atoms with van der Waals surface area (Å²) in [6.45, 7) is 6.19. The summed E-state index contributed by atoms with van der Waals surface area (Å²) in [6.07, 6.45) is 6.97. The topological polar surface area (TPSA) is 45.6 Å². The number of aromatic nitrogens is 1. The highest BCUT2D eigenvalue weighted by Gasteiger charge is 2.32. The fourth-order valence-electron chi connectivity index (χ4n) is 2.32. The number of rotatable bonds is 4. The molecular weight excluding hydrogens is 318 g/mol. The second kappa shape index (κ2) is 7.27. The summed E-state index contributed by atoms with van der Waals surface area (Å²) in [7, 11) is 0. The SMILES string of the molecule is C=CCN1C(=O)/C(=C/c2cccc(C)c2)SC1=Nc1cccnc1. The first-order valence-corrected chi connectivity index (χ1v) is 8.37. The molecule has 0 aliphatic carbocycles. The highest BCUT2D eigenvalue weighted by atomic mass is 32.2. The van der Waals surface area contributed by atoms with Gasteiger partial charge in [-0.2, -0.15) is 0 Å². The van der Waals surface area contributed by atoms with Crippen LogP contribution in [0.25, 0.3) is 6.08 Å². The minimum atomic E-state index is -0.0518. The molecule has 0 N–H and O–H groups in total. The van der Waals surface area contributed by atoms with Gasteiger partial charge in [0, 0.05) is 12.7 Å². The number of thioether (sulfide) groups is 1. The predicted molar refractivity (Wildman–Crippen MR) is 100.0 cm³/mol. The normalized spacial score (nSPS) is 17.7. The molecule has 0 saturated carbocycles. The second-order valence-electron chi connectivity index (χ2n) is 5.33. The Bertz CT molecular complexity index is 828. The average Bonchev–Trinajstić information content (AvgIpc) is 2.85. The van der Waals surface area contributed by atoms with Gasteiger partial charge >= 0.3 is 0 Å². The fraction of sp³-hybridized carbons (Fsp3) is 0.105. The van der Waals surface area contributed by atoms with E-state index in [9.17, 15) is 4.79 Å². The lowest BCUT2D eigenvalue weighted by Crippen LogP contribution is -2.29. The molecule has 120 valence electrons. The van der Waals surface area contributed by atoms with Crippen LogP contribution in [-0.4, -0.2) is 27.5 Å². The number of benzene rings is 1. The number of pyridine rings is 1. The van der Waals surface area contributed by atoms with E-state index in [1.807, 2.05) is 43.3 Å². The number of aryl methyl sites for hydroxylation is 1. The number of amidine groups is 1. The van der Waals surface area contributed by atoms with E-state index in [1.54, 1.807) is 23.4 Å². The molecule has 1 amide bonds. The third-order valence-electron chi connectivity index (χ3n) is 3.41. The summed E-state index contributed by atoms with van der Waals surface area (Å²) in [5, 5.41) is 0.645. The van der Waals surface area contributed by atoms with Crippen molar-refractivity contribution in [2.45, 2.75) is 6.92 Å². The third-order valence-corrected chi connectivity index (χ3v) is 4.42. The molecule has 24 heavy (non-hydrogen) atoms. The standard InChI is InChI=1S/C19H17N3OS/c1-3-10-22-18(23)17(12-15-7-4-6-14(2)11-15)24-19(22)21-16-8-5-9-20-13-16/h3-9,11-13H,1,10H2,2H3/b17-12-,21-19?. The Labute approximate surface area is 145 Å². The molecule has 0 atom stereocenters. The van der Waals surface area contributed by atoms with Gasteiger partial charge in [-0.05, 0) is 42.5 Å². The molecule has 2 heterocycles. The lowest BCUT2D eigenvalue weighted by molar-refractivity contribution is -0.121. The van der Waals surface area contributed by atoms with E-state index in [-0.39, 0.29) is 5.91 Å². The van der Waals surface area contributed by atoms with Gasteiger partial charge < -0.3 is 0 Å². The van der Waals surface area contributed by atoms with Crippen LogP contribution in [0.2, 0.25) is 0 Å². The largest absolute Gasteiger partial charge is 0.283 e. The molecular formula is C19H17N3OS. The summed E-state index contributed by atoms with van der Waals surface area (Å²) in [5.74, 6) is -0.0518. The molecule has 1 aliphatic heterocycles. The van der Waals surface area contributed by atoms with Crippen LogP contribution in [0.3, 0.4) is 0 Å². The lowest BCUT2D eigenvalue weighted by Gasteiger charge is -2.12. The van der Waals surface area contributed by atoms with E-state index in [4.69, 9.17) is 0 Å². The Kier molecular flexibility index (Phi) is 4.91. The van der Waals surface area contributed by atoms with Crippen LogP contribution in [0.5, 0.6) is 0 Å². The minimum Gasteiger partial charge on any atom is -0.283 e. The van der Waals surface area contributed by atoms with E-state index in [0.29, 0.717) is 16.6 Å². The van der Waals surface area contributed by atoms with Gasteiger partial charge in [-0.3, -0.25) is 14.7 Å². The van der Waals surface area contributed by atoms with Crippen LogP contribution in [0.1, 0.15) is 11.1 Å². The molecule has 4 nitrogen and oxygen atoms in total. The van der Waals surface area contributed by atoms with Gasteiger partial charge in [0.15, 0.2) is 5.17 Å². The maximum atomic E-state index is 12.7. The molecule has 0 unspecified atom stereocenters. The molecule has 1 aromatic heterocycles. The van der Waals surface area contributed by atoms with Gasteiger partial charge in [0.2, 0.25) is 0 Å². The number of nitrogens with zero attached hydrogens (tertiary/aromatic N) is 3. The highest BCUT2D eigenvalue weighted by Crippen LogP contribution is 2.34. The third kappa shape index (κ3) is 3.63. The van der Waals surface area contributed by atoms with Crippen LogP contribution in [0.4, 0.5) is 5.69 Å². The maximum Gasteiger partial charge on any atom is 0.267 e. The first-order valence-electron chi connectivity index (χ1n) is 7.55. The van der Waals surface area contributed by atoms with Crippen LogP contribution in [0, 0.1) is 6.92 Å². The molecule has 1 saturated heterocycles. The number of carbonyl (C=O) groups excluding carboxylic acids is 1. The Morgan fingerprint density at radius 1 is 1.33 bits per heavy atom. The summed E-state index contributed by atoms with van der Waals surface area (Å²) >= 11 is 1.37. The monoisotopic (exact) mass is 335 g/mol. The predicted octanol–water partition coefficient (Wildman–Crippen LogP) is 4.18. The van der Waals surface area contributed by atoms with Crippen LogP contribution < -0.4 is 0 Å². The summed E-state index contributed by atoms with van der Waals surface area (Å²) < 4.78 is 0. The zero-order valence-electron chi connectivity index (χ0n) is 13.3. The molecule has 1 fully saturated rings. The number of hydrogen-bond donors (Lipinski definition) is 0. The van der Waals surface area contributed by atoms with Crippen LogP contribution >= 0.6 is 11.8 Å². The van der Waals surface area contributed by atoms with Crippen LogP contribution in [0.15, 0.2) is 71.3 Å². The van der Waals surface area contributed by atoms with Crippen molar-refractivity contribution >= 4 is 34.6 Å². The van der Waals surface area contributed by atoms with Gasteiger partial charge in [0.05, 0.1) is 16.8 Å². The van der Waals surface area contributed by atoms with E-state index >= 15 is 0 Å². The van der Waals surface area contributed by atoms with Gasteiger partial charge in [0.25, 0.3) is 5.91 Å². The van der Waals surface area contributed by atoms with E-state index < -0.39 is 0 Å². The zero-order chi connectivity index (χ0) is 16.9. The zero-order valence-corrected chi connectivity index (χ0v) is 14.2. The molecule has 0 spiro atoms. The first-order chi connectivity index (χ1) is 11.7. The van der Waals surface area contributed by atoms with Crippen molar-refractivity contribution in [1.29, 1.82) is 0 Å². The fourth-order valence-corrected chi connectivity index (χ4v) is 3.33. The van der Waals surface area contributed by atoms with Crippen LogP contribution in [-0.2, 0) is 4.79 Å². The van der Waals surface area contributed by atoms with Crippen molar-refractivity contribution in [2.75, 3.05) is 6.54 Å². The first kappa shape index (κ1) is 16.2. The van der Waals surface area contributed by atoms with Crippen molar-refractivity contribution < 1.29 is 4.79 Å². The van der Waals surface area contributed by atoms with Crippen molar-refractivity contribution in [1.82, 2.24) is 9.88 Å².